The number of anilines is 5. The number of rotatable bonds is 35. The van der Waals surface area contributed by atoms with Crippen LogP contribution in [0.1, 0.15) is 44.9 Å². The van der Waals surface area contributed by atoms with Gasteiger partial charge in [-0.1, -0.05) is 24.8 Å². The zero-order valence-electron chi connectivity index (χ0n) is 39.6. The number of carbonyl (C=O) groups excluding carboxylic acids is 5. The van der Waals surface area contributed by atoms with Gasteiger partial charge in [0.05, 0.1) is 57.9 Å². The van der Waals surface area contributed by atoms with E-state index in [0.717, 1.165) is 18.0 Å². The van der Waals surface area contributed by atoms with Gasteiger partial charge in [-0.3, -0.25) is 19.2 Å². The zero-order valence-corrected chi connectivity index (χ0v) is 40.4. The second-order valence-corrected chi connectivity index (χ2v) is 17.2. The second-order valence-electron chi connectivity index (χ2n) is 16.0. The summed E-state index contributed by atoms with van der Waals surface area (Å²) in [6, 6.07) is 10.9. The van der Waals surface area contributed by atoms with Gasteiger partial charge in [-0.2, -0.15) is 4.98 Å². The predicted octanol–water partition coefficient (Wildman–Crippen LogP) is 4.61. The molecular weight excluding hydrogens is 947 g/mol. The van der Waals surface area contributed by atoms with Crippen LogP contribution in [0.5, 0.6) is 5.75 Å². The van der Waals surface area contributed by atoms with Crippen molar-refractivity contribution in [1.82, 2.24) is 36.6 Å². The summed E-state index contributed by atoms with van der Waals surface area (Å²) in [5.74, 6) is -1.40. The Morgan fingerprint density at radius 1 is 0.732 bits per heavy atom. The third-order valence-electron chi connectivity index (χ3n) is 10.4. The SMILES string of the molecule is C=CC(=O)Nc1cccc(Nc2nc(Nc3ccc(OCCOCCNC(=O)CCCC(=O)NCCCOCCOCCOCCCNC(=O)CCC=CC4SCC5NC(=O)NC54)c(F)c3)ncc2F)c1. The van der Waals surface area contributed by atoms with Gasteiger partial charge < -0.3 is 66.2 Å². The Hall–Kier alpha value is -6.40. The highest BCUT2D eigenvalue weighted by molar-refractivity contribution is 8.00. The largest absolute Gasteiger partial charge is 0.488 e. The third-order valence-corrected chi connectivity index (χ3v) is 11.8. The summed E-state index contributed by atoms with van der Waals surface area (Å²) in [4.78, 5) is 67.6. The molecule has 0 saturated carbocycles. The monoisotopic (exact) mass is 1010 g/mol. The molecule has 3 aromatic rings. The van der Waals surface area contributed by atoms with Gasteiger partial charge in [-0.05, 0) is 62.1 Å². The van der Waals surface area contributed by atoms with Crippen molar-refractivity contribution in [3.63, 3.8) is 0 Å². The molecule has 3 heterocycles. The van der Waals surface area contributed by atoms with Crippen LogP contribution in [-0.2, 0) is 38.1 Å². The van der Waals surface area contributed by atoms with E-state index in [4.69, 9.17) is 23.7 Å². The average molecular weight is 1010 g/mol. The number of hydrogen-bond acceptors (Lipinski definition) is 15. The lowest BCUT2D eigenvalue weighted by molar-refractivity contribution is -0.123. The molecular formula is C48H64F2N10O10S. The number of hydrogen-bond donors (Lipinski definition) is 8. The normalized spacial score (nSPS) is 15.9. The summed E-state index contributed by atoms with van der Waals surface area (Å²) in [5.41, 5.74) is 1.20. The summed E-state index contributed by atoms with van der Waals surface area (Å²) in [6.45, 7) is 7.79. The van der Waals surface area contributed by atoms with Gasteiger partial charge in [-0.25, -0.2) is 18.6 Å². The Kier molecular flexibility index (Phi) is 24.8. The van der Waals surface area contributed by atoms with E-state index in [9.17, 15) is 32.8 Å². The molecule has 20 nitrogen and oxygen atoms in total. The van der Waals surface area contributed by atoms with E-state index >= 15 is 0 Å². The minimum Gasteiger partial charge on any atom is -0.488 e. The van der Waals surface area contributed by atoms with Crippen LogP contribution in [-0.4, -0.2) is 142 Å². The number of amides is 6. The first-order valence-electron chi connectivity index (χ1n) is 23.5. The minimum absolute atomic E-state index is 0.000412. The minimum atomic E-state index is -0.730. The molecule has 2 aliphatic heterocycles. The van der Waals surface area contributed by atoms with E-state index in [1.54, 1.807) is 42.1 Å². The summed E-state index contributed by atoms with van der Waals surface area (Å²) >= 11 is 1.80. The van der Waals surface area contributed by atoms with Crippen molar-refractivity contribution in [2.75, 3.05) is 101 Å². The third kappa shape index (κ3) is 21.6. The van der Waals surface area contributed by atoms with Crippen molar-refractivity contribution in [3.05, 3.63) is 85.1 Å². The molecule has 0 aliphatic carbocycles. The Balaban J connectivity index is 0.768. The topological polar surface area (TPSA) is 254 Å². The zero-order chi connectivity index (χ0) is 50.5. The van der Waals surface area contributed by atoms with E-state index in [-0.39, 0.29) is 103 Å². The fourth-order valence-electron chi connectivity index (χ4n) is 6.89. The van der Waals surface area contributed by atoms with E-state index in [1.807, 2.05) is 6.08 Å². The van der Waals surface area contributed by atoms with Gasteiger partial charge >= 0.3 is 6.03 Å². The molecule has 3 unspecified atom stereocenters. The fraction of sp³-hybridized carbons (Fsp3) is 0.479. The van der Waals surface area contributed by atoms with E-state index in [1.165, 1.54) is 12.1 Å². The maximum atomic E-state index is 14.8. The van der Waals surface area contributed by atoms with Gasteiger partial charge in [0.25, 0.3) is 0 Å². The number of nitrogens with one attached hydrogen (secondary N) is 8. The number of urea groups is 1. The van der Waals surface area contributed by atoms with Crippen molar-refractivity contribution in [2.45, 2.75) is 62.3 Å². The molecule has 71 heavy (non-hydrogen) atoms. The number of halogens is 2. The van der Waals surface area contributed by atoms with E-state index in [2.05, 4.69) is 65.2 Å². The standard InChI is InChI=1S/C48H64F2N10O10S/c1-2-41(61)55-33-9-5-10-34(29-33)56-46-37(50)31-54-47(60-46)57-35-15-16-39(36(49)30-35)70-28-27-68-22-19-53-44(64)14-6-13-43(63)52-18-8-21-67-24-26-69-25-23-66-20-7-17-51-42(62)12-4-3-11-40-45-38(32-71-40)58-48(65)59-45/h2-3,5,9-11,15-16,29-31,38,40,45H,1,4,6-8,12-14,17-28,32H2,(H,51,62)(H,52,63)(H,53,64)(H,55,61)(H2,58,59,65)(H2,54,56,57,60). The maximum Gasteiger partial charge on any atom is 0.315 e. The summed E-state index contributed by atoms with van der Waals surface area (Å²) < 4.78 is 56.9. The fourth-order valence-corrected chi connectivity index (χ4v) is 8.29. The molecule has 0 radical (unpaired) electrons. The quantitative estimate of drug-likeness (QED) is 0.0173. The molecule has 2 aliphatic rings. The Labute approximate surface area is 416 Å². The van der Waals surface area contributed by atoms with Crippen LogP contribution < -0.4 is 47.3 Å². The first-order valence-corrected chi connectivity index (χ1v) is 24.6. The van der Waals surface area contributed by atoms with Crippen molar-refractivity contribution >= 4 is 70.3 Å². The Morgan fingerprint density at radius 3 is 2.10 bits per heavy atom. The van der Waals surface area contributed by atoms with Gasteiger partial charge in [0, 0.05) is 86.2 Å². The molecule has 386 valence electrons. The molecule has 3 atom stereocenters. The number of ether oxygens (including phenoxy) is 5. The lowest BCUT2D eigenvalue weighted by Crippen LogP contribution is -2.35. The molecule has 0 spiro atoms. The first-order chi connectivity index (χ1) is 34.6. The van der Waals surface area contributed by atoms with Crippen LogP contribution in [0, 0.1) is 11.6 Å². The van der Waals surface area contributed by atoms with Crippen LogP contribution in [0.3, 0.4) is 0 Å². The van der Waals surface area contributed by atoms with E-state index < -0.39 is 17.5 Å². The second kappa shape index (κ2) is 31.7. The molecule has 0 bridgehead atoms. The van der Waals surface area contributed by atoms with E-state index in [0.29, 0.717) is 96.2 Å². The Bertz CT molecular complexity index is 2230. The predicted molar refractivity (Wildman–Crippen MR) is 265 cm³/mol. The number of aromatic nitrogens is 2. The smallest absolute Gasteiger partial charge is 0.315 e. The maximum absolute atomic E-state index is 14.8. The van der Waals surface area contributed by atoms with Gasteiger partial charge in [0.1, 0.15) is 6.61 Å². The highest BCUT2D eigenvalue weighted by atomic mass is 32.2. The summed E-state index contributed by atoms with van der Waals surface area (Å²) in [6.07, 6.45) is 9.40. The summed E-state index contributed by atoms with van der Waals surface area (Å²) in [7, 11) is 0. The first kappa shape index (κ1) is 55.5. The van der Waals surface area contributed by atoms with Crippen LogP contribution in [0.4, 0.5) is 42.4 Å². The average Bonchev–Trinajstić information content (AvgIpc) is 3.91. The Morgan fingerprint density at radius 2 is 1.38 bits per heavy atom. The highest BCUT2D eigenvalue weighted by Crippen LogP contribution is 2.31. The number of carbonyl (C=O) groups is 5. The van der Waals surface area contributed by atoms with Crippen LogP contribution >= 0.6 is 11.8 Å². The number of thioether (sulfide) groups is 1. The van der Waals surface area contributed by atoms with Crippen molar-refractivity contribution < 1.29 is 56.4 Å². The number of nitrogens with zero attached hydrogens (tertiary/aromatic N) is 2. The van der Waals surface area contributed by atoms with Gasteiger partial charge in [0.15, 0.2) is 23.2 Å². The van der Waals surface area contributed by atoms with Crippen molar-refractivity contribution in [1.29, 1.82) is 0 Å². The van der Waals surface area contributed by atoms with Crippen LogP contribution in [0.2, 0.25) is 0 Å². The molecule has 1 aromatic heterocycles. The number of fused-ring (bicyclic) bond motifs is 1. The molecule has 2 saturated heterocycles. The molecule has 2 aromatic carbocycles. The summed E-state index contributed by atoms with van der Waals surface area (Å²) in [5, 5.41) is 22.8. The van der Waals surface area contributed by atoms with Gasteiger partial charge in [-0.15, -0.1) is 11.8 Å². The lowest BCUT2D eigenvalue weighted by atomic mass is 10.1. The van der Waals surface area contributed by atoms with Crippen molar-refractivity contribution in [2.24, 2.45) is 0 Å². The molecule has 2 fully saturated rings. The molecule has 8 N–H and O–H groups in total. The highest BCUT2D eigenvalue weighted by Gasteiger charge is 2.41. The van der Waals surface area contributed by atoms with Crippen LogP contribution in [0.25, 0.3) is 0 Å². The molecule has 5 rings (SSSR count). The molecule has 6 amide bonds. The van der Waals surface area contributed by atoms with Crippen molar-refractivity contribution in [3.8, 4) is 5.75 Å². The number of benzene rings is 2. The number of allylic oxidation sites excluding steroid dienone is 1. The molecule has 23 heteroatoms. The van der Waals surface area contributed by atoms with Crippen LogP contribution in [0.15, 0.2) is 73.5 Å². The lowest BCUT2D eigenvalue weighted by Gasteiger charge is -2.12. The van der Waals surface area contributed by atoms with Gasteiger partial charge in [0.2, 0.25) is 29.6 Å².